The number of aryl methyl sites for hydroxylation is 1. The van der Waals surface area contributed by atoms with Gasteiger partial charge >= 0.3 is 0 Å². The zero-order valence-corrected chi connectivity index (χ0v) is 19.5. The molecule has 2 unspecified atom stereocenters. The topological polar surface area (TPSA) is 43.9 Å². The van der Waals surface area contributed by atoms with Gasteiger partial charge in [0.25, 0.3) is 5.91 Å². The Morgan fingerprint density at radius 1 is 1.00 bits per heavy atom. The van der Waals surface area contributed by atoms with Crippen LogP contribution in [0.15, 0.2) is 24.3 Å². The first-order valence-corrected chi connectivity index (χ1v) is 11.5. The molecule has 0 N–H and O–H groups in total. The maximum Gasteiger partial charge on any atom is 0.253 e. The molecule has 0 saturated carbocycles. The normalized spacial score (nSPS) is 22.3. The van der Waals surface area contributed by atoms with Crippen LogP contribution in [0.5, 0.6) is 0 Å². The lowest BCUT2D eigenvalue weighted by atomic mass is 9.90. The van der Waals surface area contributed by atoms with Gasteiger partial charge in [-0.3, -0.25) is 14.5 Å². The monoisotopic (exact) mass is 413 g/mol. The average Bonchev–Trinajstić information content (AvgIpc) is 2.92. The van der Waals surface area contributed by atoms with Gasteiger partial charge in [-0.2, -0.15) is 0 Å². The summed E-state index contributed by atoms with van der Waals surface area (Å²) in [5, 5.41) is 0. The smallest absolute Gasteiger partial charge is 0.253 e. The predicted molar refractivity (Wildman–Crippen MR) is 122 cm³/mol. The summed E-state index contributed by atoms with van der Waals surface area (Å²) in [4.78, 5) is 31.2. The molecule has 2 atom stereocenters. The fraction of sp³-hybridized carbons (Fsp3) is 0.680. The Labute approximate surface area is 182 Å². The summed E-state index contributed by atoms with van der Waals surface area (Å²) < 4.78 is 0. The van der Waals surface area contributed by atoms with Crippen molar-refractivity contribution in [1.29, 1.82) is 0 Å². The predicted octanol–water partition coefficient (Wildman–Crippen LogP) is 3.47. The molecule has 2 aliphatic rings. The van der Waals surface area contributed by atoms with Crippen LogP contribution < -0.4 is 0 Å². The van der Waals surface area contributed by atoms with E-state index < -0.39 is 0 Å². The minimum Gasteiger partial charge on any atom is -0.345 e. The quantitative estimate of drug-likeness (QED) is 0.612. The number of rotatable bonds is 8. The molecule has 2 aliphatic heterocycles. The molecule has 2 heterocycles. The van der Waals surface area contributed by atoms with Crippen LogP contribution in [0.3, 0.4) is 0 Å². The third-order valence-corrected chi connectivity index (χ3v) is 6.67. The van der Waals surface area contributed by atoms with Gasteiger partial charge in [0.2, 0.25) is 0 Å². The van der Waals surface area contributed by atoms with Gasteiger partial charge in [0.05, 0.1) is 6.54 Å². The van der Waals surface area contributed by atoms with Gasteiger partial charge in [0.15, 0.2) is 5.78 Å². The Kier molecular flexibility index (Phi) is 7.35. The van der Waals surface area contributed by atoms with E-state index in [9.17, 15) is 9.59 Å². The Balaban J connectivity index is 1.40. The number of hydrogen-bond donors (Lipinski definition) is 0. The minimum atomic E-state index is -0.242. The van der Waals surface area contributed by atoms with Crippen LogP contribution in [0.1, 0.15) is 62.4 Å². The number of fused-ring (bicyclic) bond motifs is 2. The van der Waals surface area contributed by atoms with E-state index in [1.54, 1.807) is 19.0 Å². The van der Waals surface area contributed by atoms with Gasteiger partial charge in [-0.25, -0.2) is 0 Å². The molecular formula is C25H39N3O2. The molecule has 0 aromatic heterocycles. The number of unbranched alkanes of at least 4 members (excludes halogenated alkanes) is 1. The Morgan fingerprint density at radius 2 is 1.60 bits per heavy atom. The first-order chi connectivity index (χ1) is 14.1. The van der Waals surface area contributed by atoms with Gasteiger partial charge in [-0.05, 0) is 56.3 Å². The number of piperazine rings is 1. The van der Waals surface area contributed by atoms with Gasteiger partial charge in [-0.15, -0.1) is 0 Å². The summed E-state index contributed by atoms with van der Waals surface area (Å²) in [6, 6.07) is 9.15. The number of carbonyl (C=O) groups is 2. The average molecular weight is 414 g/mol. The van der Waals surface area contributed by atoms with Crippen molar-refractivity contribution in [2.75, 3.05) is 40.3 Å². The van der Waals surface area contributed by atoms with E-state index in [-0.39, 0.29) is 11.3 Å². The molecule has 2 saturated heterocycles. The molecular weight excluding hydrogens is 374 g/mol. The number of nitrogens with zero attached hydrogens (tertiary/aromatic N) is 3. The Morgan fingerprint density at radius 3 is 2.13 bits per heavy atom. The van der Waals surface area contributed by atoms with Crippen molar-refractivity contribution >= 4 is 11.7 Å². The zero-order chi connectivity index (χ0) is 21.9. The number of likely N-dealkylation sites (tertiary alicyclic amines) is 1. The van der Waals surface area contributed by atoms with Crippen LogP contribution >= 0.6 is 0 Å². The lowest BCUT2D eigenvalue weighted by Crippen LogP contribution is -2.55. The van der Waals surface area contributed by atoms with Gasteiger partial charge in [0.1, 0.15) is 0 Å². The van der Waals surface area contributed by atoms with Crippen molar-refractivity contribution in [3.8, 4) is 0 Å². The highest BCUT2D eigenvalue weighted by Gasteiger charge is 2.41. The second-order valence-electron chi connectivity index (χ2n) is 10.3. The first kappa shape index (κ1) is 23.0. The summed E-state index contributed by atoms with van der Waals surface area (Å²) in [7, 11) is 3.56. The van der Waals surface area contributed by atoms with Crippen LogP contribution in [-0.4, -0.2) is 78.7 Å². The molecule has 166 valence electrons. The summed E-state index contributed by atoms with van der Waals surface area (Å²) in [6.07, 6.45) is 5.88. The maximum atomic E-state index is 12.5. The number of benzene rings is 1. The second-order valence-corrected chi connectivity index (χ2v) is 10.3. The van der Waals surface area contributed by atoms with Crippen LogP contribution in [0, 0.1) is 5.41 Å². The van der Waals surface area contributed by atoms with Gasteiger partial charge in [-0.1, -0.05) is 32.9 Å². The SMILES string of the molecule is CN(C)C(=O)c1ccc(CCCCN2CC3CCC(C2)N3CC(=O)C(C)(C)C)cc1. The summed E-state index contributed by atoms with van der Waals surface area (Å²) in [6.45, 7) is 10.1. The molecule has 1 amide bonds. The molecule has 30 heavy (non-hydrogen) atoms. The summed E-state index contributed by atoms with van der Waals surface area (Å²) >= 11 is 0. The van der Waals surface area contributed by atoms with E-state index in [1.165, 1.54) is 31.2 Å². The zero-order valence-electron chi connectivity index (χ0n) is 19.5. The second kappa shape index (κ2) is 9.61. The van der Waals surface area contributed by atoms with E-state index in [1.807, 2.05) is 32.9 Å². The lowest BCUT2D eigenvalue weighted by Gasteiger charge is -2.41. The van der Waals surface area contributed by atoms with Crippen molar-refractivity contribution in [3.63, 3.8) is 0 Å². The maximum absolute atomic E-state index is 12.5. The number of ketones is 1. The van der Waals surface area contributed by atoms with Crippen LogP contribution in [0.25, 0.3) is 0 Å². The Bertz CT molecular complexity index is 722. The Hall–Kier alpha value is -1.72. The van der Waals surface area contributed by atoms with Crippen molar-refractivity contribution in [1.82, 2.24) is 14.7 Å². The molecule has 5 heteroatoms. The number of Topliss-reactive ketones (excluding diaryl/α,β-unsaturated/α-hetero) is 1. The molecule has 2 fully saturated rings. The standard InChI is InChI=1S/C25H39N3O2/c1-25(2,3)23(29)18-28-21-13-14-22(28)17-27(16-21)15-7-6-8-19-9-11-20(12-10-19)24(30)26(4)5/h9-12,21-22H,6-8,13-18H2,1-5H3. The third-order valence-electron chi connectivity index (χ3n) is 6.67. The van der Waals surface area contributed by atoms with Crippen molar-refractivity contribution < 1.29 is 9.59 Å². The molecule has 2 bridgehead atoms. The van der Waals surface area contributed by atoms with Crippen LogP contribution in [-0.2, 0) is 11.2 Å². The van der Waals surface area contributed by atoms with E-state index in [0.29, 0.717) is 24.4 Å². The number of amides is 1. The summed E-state index contributed by atoms with van der Waals surface area (Å²) in [5.74, 6) is 0.422. The molecule has 5 nitrogen and oxygen atoms in total. The number of hydrogen-bond acceptors (Lipinski definition) is 4. The fourth-order valence-electron chi connectivity index (χ4n) is 4.66. The number of carbonyl (C=O) groups excluding carboxylic acids is 2. The molecule has 1 aromatic rings. The van der Waals surface area contributed by atoms with Gasteiger partial charge in [0, 0.05) is 50.2 Å². The van der Waals surface area contributed by atoms with Crippen LogP contribution in [0.4, 0.5) is 0 Å². The molecule has 0 radical (unpaired) electrons. The van der Waals surface area contributed by atoms with E-state index in [0.717, 1.165) is 31.6 Å². The van der Waals surface area contributed by atoms with Crippen molar-refractivity contribution in [2.45, 2.75) is 65.0 Å². The lowest BCUT2D eigenvalue weighted by molar-refractivity contribution is -0.129. The molecule has 0 spiro atoms. The third kappa shape index (κ3) is 5.70. The highest BCUT2D eigenvalue weighted by atomic mass is 16.2. The van der Waals surface area contributed by atoms with Crippen molar-refractivity contribution in [2.24, 2.45) is 5.41 Å². The minimum absolute atomic E-state index is 0.0551. The van der Waals surface area contributed by atoms with E-state index >= 15 is 0 Å². The molecule has 3 rings (SSSR count). The highest BCUT2D eigenvalue weighted by molar-refractivity contribution is 5.93. The highest BCUT2D eigenvalue weighted by Crippen LogP contribution is 2.31. The van der Waals surface area contributed by atoms with E-state index in [4.69, 9.17) is 0 Å². The molecule has 0 aliphatic carbocycles. The van der Waals surface area contributed by atoms with Crippen molar-refractivity contribution in [3.05, 3.63) is 35.4 Å². The molecule has 1 aromatic carbocycles. The summed E-state index contributed by atoms with van der Waals surface area (Å²) in [5.41, 5.74) is 1.81. The van der Waals surface area contributed by atoms with Gasteiger partial charge < -0.3 is 9.80 Å². The fourth-order valence-corrected chi connectivity index (χ4v) is 4.66. The van der Waals surface area contributed by atoms with E-state index in [2.05, 4.69) is 21.9 Å². The van der Waals surface area contributed by atoms with Crippen LogP contribution in [0.2, 0.25) is 0 Å². The largest absolute Gasteiger partial charge is 0.345 e. The first-order valence-electron chi connectivity index (χ1n) is 11.5.